The highest BCUT2D eigenvalue weighted by molar-refractivity contribution is 5.93. The molecule has 3 N–H and O–H groups in total. The van der Waals surface area contributed by atoms with Crippen molar-refractivity contribution >= 4 is 17.3 Å². The number of hydrogen-bond acceptors (Lipinski definition) is 2. The van der Waals surface area contributed by atoms with Gasteiger partial charge in [-0.3, -0.25) is 4.79 Å². The second-order valence-electron chi connectivity index (χ2n) is 6.35. The minimum Gasteiger partial charge on any atom is -0.397 e. The van der Waals surface area contributed by atoms with Crippen molar-refractivity contribution in [3.05, 3.63) is 24.0 Å². The summed E-state index contributed by atoms with van der Waals surface area (Å²) in [5.74, 6) is -0.268. The largest absolute Gasteiger partial charge is 0.397 e. The molecule has 1 rings (SSSR count). The predicted molar refractivity (Wildman–Crippen MR) is 77.3 cm³/mol. The third kappa shape index (κ3) is 5.73. The van der Waals surface area contributed by atoms with Crippen LogP contribution in [0.4, 0.5) is 15.8 Å². The van der Waals surface area contributed by atoms with E-state index in [1.807, 2.05) is 6.92 Å². The lowest BCUT2D eigenvalue weighted by Gasteiger charge is -2.22. The first-order valence-corrected chi connectivity index (χ1v) is 6.52. The Morgan fingerprint density at radius 3 is 2.63 bits per heavy atom. The molecule has 1 aromatic rings. The zero-order valence-corrected chi connectivity index (χ0v) is 12.1. The molecule has 1 aromatic carbocycles. The van der Waals surface area contributed by atoms with Gasteiger partial charge in [0.05, 0.1) is 11.4 Å². The minimum absolute atomic E-state index is 0.131. The van der Waals surface area contributed by atoms with Gasteiger partial charge in [0.1, 0.15) is 5.82 Å². The number of rotatable bonds is 4. The maximum absolute atomic E-state index is 13.1. The fourth-order valence-corrected chi connectivity index (χ4v) is 2.27. The predicted octanol–water partition coefficient (Wildman–Crippen LogP) is 3.81. The van der Waals surface area contributed by atoms with E-state index in [4.69, 9.17) is 5.73 Å². The molecule has 1 amide bonds. The van der Waals surface area contributed by atoms with E-state index in [1.54, 1.807) is 0 Å². The average Bonchev–Trinajstić information content (AvgIpc) is 2.20. The molecule has 0 aliphatic rings. The number of nitrogen functional groups attached to an aromatic ring is 1. The van der Waals surface area contributed by atoms with Crippen molar-refractivity contribution in [3.8, 4) is 0 Å². The first-order valence-electron chi connectivity index (χ1n) is 6.52. The van der Waals surface area contributed by atoms with Gasteiger partial charge in [-0.15, -0.1) is 0 Å². The van der Waals surface area contributed by atoms with Crippen molar-refractivity contribution in [1.82, 2.24) is 0 Å². The van der Waals surface area contributed by atoms with Gasteiger partial charge in [0.25, 0.3) is 0 Å². The highest BCUT2D eigenvalue weighted by Gasteiger charge is 2.18. The van der Waals surface area contributed by atoms with Crippen LogP contribution in [0.25, 0.3) is 0 Å². The Hall–Kier alpha value is -1.58. The molecule has 0 spiro atoms. The fraction of sp³-hybridized carbons (Fsp3) is 0.533. The van der Waals surface area contributed by atoms with Gasteiger partial charge >= 0.3 is 0 Å². The molecule has 0 aromatic heterocycles. The molecule has 0 heterocycles. The first-order chi connectivity index (χ1) is 8.67. The Morgan fingerprint density at radius 1 is 1.42 bits per heavy atom. The Labute approximate surface area is 114 Å². The summed E-state index contributed by atoms with van der Waals surface area (Å²) in [6.07, 6.45) is 1.37. The maximum Gasteiger partial charge on any atom is 0.224 e. The van der Waals surface area contributed by atoms with Gasteiger partial charge in [0, 0.05) is 6.42 Å². The van der Waals surface area contributed by atoms with E-state index in [-0.39, 0.29) is 17.2 Å². The number of carbonyl (C=O) groups is 1. The maximum atomic E-state index is 13.1. The summed E-state index contributed by atoms with van der Waals surface area (Å²) < 4.78 is 13.1. The summed E-state index contributed by atoms with van der Waals surface area (Å²) in [6.45, 7) is 8.48. The monoisotopic (exact) mass is 266 g/mol. The summed E-state index contributed by atoms with van der Waals surface area (Å²) in [5, 5.41) is 2.66. The van der Waals surface area contributed by atoms with Gasteiger partial charge < -0.3 is 11.1 Å². The first kappa shape index (κ1) is 15.5. The van der Waals surface area contributed by atoms with Crippen LogP contribution in [0.5, 0.6) is 0 Å². The van der Waals surface area contributed by atoms with Crippen molar-refractivity contribution in [2.75, 3.05) is 11.1 Å². The van der Waals surface area contributed by atoms with Crippen LogP contribution in [0.1, 0.15) is 40.5 Å². The lowest BCUT2D eigenvalue weighted by atomic mass is 9.84. The Balaban J connectivity index is 2.58. The molecular formula is C15H23FN2O. The molecular weight excluding hydrogens is 243 g/mol. The molecule has 0 saturated heterocycles. The summed E-state index contributed by atoms with van der Waals surface area (Å²) in [6, 6.07) is 3.96. The van der Waals surface area contributed by atoms with Crippen molar-refractivity contribution < 1.29 is 9.18 Å². The van der Waals surface area contributed by atoms with E-state index in [2.05, 4.69) is 26.1 Å². The lowest BCUT2D eigenvalue weighted by molar-refractivity contribution is -0.117. The number of halogens is 1. The quantitative estimate of drug-likeness (QED) is 0.814. The summed E-state index contributed by atoms with van der Waals surface area (Å²) in [4.78, 5) is 11.9. The van der Waals surface area contributed by atoms with Crippen molar-refractivity contribution in [1.29, 1.82) is 0 Å². The van der Waals surface area contributed by atoms with Crippen LogP contribution in [0.15, 0.2) is 18.2 Å². The van der Waals surface area contributed by atoms with E-state index in [9.17, 15) is 9.18 Å². The topological polar surface area (TPSA) is 55.1 Å². The standard InChI is InChI=1S/C15H23FN2O/c1-10(9-15(2,3)4)7-14(19)18-13-8-11(16)5-6-12(13)17/h5-6,8,10H,7,9,17H2,1-4H3,(H,18,19). The number of nitrogens with one attached hydrogen (secondary N) is 1. The van der Waals surface area contributed by atoms with Gasteiger partial charge in [0.2, 0.25) is 5.91 Å². The van der Waals surface area contributed by atoms with E-state index in [1.165, 1.54) is 18.2 Å². The van der Waals surface area contributed by atoms with E-state index >= 15 is 0 Å². The third-order valence-corrected chi connectivity index (χ3v) is 2.78. The summed E-state index contributed by atoms with van der Waals surface area (Å²) in [5.41, 5.74) is 6.60. The average molecular weight is 266 g/mol. The number of carbonyl (C=O) groups excluding carboxylic acids is 1. The van der Waals surface area contributed by atoms with Gasteiger partial charge in [0.15, 0.2) is 0 Å². The van der Waals surface area contributed by atoms with Gasteiger partial charge in [-0.25, -0.2) is 4.39 Å². The second kappa shape index (κ2) is 6.04. The van der Waals surface area contributed by atoms with E-state index in [0.717, 1.165) is 6.42 Å². The van der Waals surface area contributed by atoms with Gasteiger partial charge in [-0.1, -0.05) is 27.7 Å². The highest BCUT2D eigenvalue weighted by atomic mass is 19.1. The number of hydrogen-bond donors (Lipinski definition) is 2. The molecule has 1 unspecified atom stereocenters. The molecule has 1 atom stereocenters. The number of amides is 1. The number of nitrogens with two attached hydrogens (primary N) is 1. The normalized spacial score (nSPS) is 13.1. The molecule has 0 fully saturated rings. The van der Waals surface area contributed by atoms with E-state index in [0.29, 0.717) is 17.8 Å². The number of benzene rings is 1. The highest BCUT2D eigenvalue weighted by Crippen LogP contribution is 2.26. The van der Waals surface area contributed by atoms with Crippen LogP contribution in [0, 0.1) is 17.2 Å². The molecule has 0 bridgehead atoms. The molecule has 106 valence electrons. The fourth-order valence-electron chi connectivity index (χ4n) is 2.27. The Morgan fingerprint density at radius 2 is 2.05 bits per heavy atom. The minimum atomic E-state index is -0.410. The van der Waals surface area contributed by atoms with Crippen LogP contribution < -0.4 is 11.1 Å². The van der Waals surface area contributed by atoms with Gasteiger partial charge in [-0.2, -0.15) is 0 Å². The van der Waals surface area contributed by atoms with Crippen molar-refractivity contribution in [2.24, 2.45) is 11.3 Å². The Bertz CT molecular complexity index is 452. The van der Waals surface area contributed by atoms with Crippen LogP contribution in [-0.2, 0) is 4.79 Å². The molecule has 4 heteroatoms. The van der Waals surface area contributed by atoms with E-state index < -0.39 is 5.82 Å². The Kier molecular flexibility index (Phi) is 4.92. The summed E-state index contributed by atoms with van der Waals surface area (Å²) >= 11 is 0. The van der Waals surface area contributed by atoms with Crippen LogP contribution in [-0.4, -0.2) is 5.91 Å². The van der Waals surface area contributed by atoms with Crippen molar-refractivity contribution in [3.63, 3.8) is 0 Å². The molecule has 0 aliphatic heterocycles. The third-order valence-electron chi connectivity index (χ3n) is 2.78. The second-order valence-corrected chi connectivity index (χ2v) is 6.35. The van der Waals surface area contributed by atoms with Gasteiger partial charge in [-0.05, 0) is 36.0 Å². The molecule has 0 saturated carbocycles. The molecule has 0 radical (unpaired) electrons. The zero-order valence-electron chi connectivity index (χ0n) is 12.1. The van der Waals surface area contributed by atoms with Crippen LogP contribution >= 0.6 is 0 Å². The smallest absolute Gasteiger partial charge is 0.224 e. The SMILES string of the molecule is CC(CC(=O)Nc1cc(F)ccc1N)CC(C)(C)C. The molecule has 0 aliphatic carbocycles. The molecule has 19 heavy (non-hydrogen) atoms. The van der Waals surface area contributed by atoms with Crippen molar-refractivity contribution in [2.45, 2.75) is 40.5 Å². The number of anilines is 2. The van der Waals surface area contributed by atoms with Crippen LogP contribution in [0.2, 0.25) is 0 Å². The zero-order chi connectivity index (χ0) is 14.6. The molecule has 3 nitrogen and oxygen atoms in total. The summed E-state index contributed by atoms with van der Waals surface area (Å²) in [7, 11) is 0. The lowest BCUT2D eigenvalue weighted by Crippen LogP contribution is -2.19. The van der Waals surface area contributed by atoms with Crippen LogP contribution in [0.3, 0.4) is 0 Å².